The number of carbonyl (C=O) groups excluding carboxylic acids is 2. The highest BCUT2D eigenvalue weighted by Gasteiger charge is 2.32. The van der Waals surface area contributed by atoms with Gasteiger partial charge >= 0.3 is 0 Å². The minimum absolute atomic E-state index is 0.161. The minimum atomic E-state index is -0.298. The predicted octanol–water partition coefficient (Wildman–Crippen LogP) is -0.572. The molecule has 96 valence electrons. The van der Waals surface area contributed by atoms with Gasteiger partial charge in [0.1, 0.15) is 0 Å². The quantitative estimate of drug-likeness (QED) is 0.699. The molecule has 2 atom stereocenters. The number of imide groups is 1. The monoisotopic (exact) mass is 248 g/mol. The molecule has 1 aliphatic rings. The molecule has 0 radical (unpaired) electrons. The van der Waals surface area contributed by atoms with E-state index in [4.69, 9.17) is 5.73 Å². The number of rotatable bonds is 3. The van der Waals surface area contributed by atoms with Crippen LogP contribution in [0.15, 0.2) is 24.4 Å². The number of hydrogen-bond donors (Lipinski definition) is 2. The zero-order valence-corrected chi connectivity index (χ0v) is 10.2. The number of pyridine rings is 1. The average Bonchev–Trinajstić information content (AvgIpc) is 2.28. The van der Waals surface area contributed by atoms with E-state index in [1.54, 1.807) is 11.1 Å². The maximum absolute atomic E-state index is 11.4. The van der Waals surface area contributed by atoms with Crippen molar-refractivity contribution >= 4 is 11.8 Å². The maximum Gasteiger partial charge on any atom is 0.240 e. The Balaban J connectivity index is 2.25. The molecule has 0 aromatic carbocycles. The van der Waals surface area contributed by atoms with Gasteiger partial charge in [-0.25, -0.2) is 0 Å². The molecule has 2 unspecified atom stereocenters. The zero-order valence-electron chi connectivity index (χ0n) is 10.2. The first kappa shape index (κ1) is 12.7. The van der Waals surface area contributed by atoms with Crippen molar-refractivity contribution in [2.45, 2.75) is 19.0 Å². The summed E-state index contributed by atoms with van der Waals surface area (Å²) in [6.07, 6.45) is 1.68. The van der Waals surface area contributed by atoms with Gasteiger partial charge in [-0.3, -0.25) is 24.8 Å². The molecular formula is C12H16N4O2. The lowest BCUT2D eigenvalue weighted by Gasteiger charge is -2.35. The van der Waals surface area contributed by atoms with Crippen molar-refractivity contribution in [2.24, 2.45) is 5.73 Å². The molecule has 0 bridgehead atoms. The third-order valence-electron chi connectivity index (χ3n) is 2.85. The van der Waals surface area contributed by atoms with Crippen LogP contribution in [0, 0.1) is 0 Å². The van der Waals surface area contributed by atoms with Gasteiger partial charge in [-0.2, -0.15) is 0 Å². The molecule has 1 aliphatic heterocycles. The van der Waals surface area contributed by atoms with Gasteiger partial charge in [-0.05, 0) is 19.1 Å². The van der Waals surface area contributed by atoms with E-state index < -0.39 is 0 Å². The standard InChI is InChI=1S/C12H16N4O2/c1-8(13)12(9-4-2-3-5-14-9)16-6-10(17)15-11(18)7-16/h2-5,8,12H,6-7,13H2,1H3,(H,15,17,18). The second-order valence-electron chi connectivity index (χ2n) is 4.43. The molecule has 6 nitrogen and oxygen atoms in total. The van der Waals surface area contributed by atoms with Crippen LogP contribution in [0.4, 0.5) is 0 Å². The van der Waals surface area contributed by atoms with E-state index in [1.807, 2.05) is 25.1 Å². The summed E-state index contributed by atoms with van der Waals surface area (Å²) in [6, 6.07) is 5.07. The molecule has 2 heterocycles. The van der Waals surface area contributed by atoms with Gasteiger partial charge in [-0.1, -0.05) is 6.07 Å². The van der Waals surface area contributed by atoms with Crippen LogP contribution in [0.25, 0.3) is 0 Å². The van der Waals surface area contributed by atoms with Gasteiger partial charge in [0.05, 0.1) is 24.8 Å². The largest absolute Gasteiger partial charge is 0.326 e. The summed E-state index contributed by atoms with van der Waals surface area (Å²) in [5, 5.41) is 2.27. The first-order valence-electron chi connectivity index (χ1n) is 5.81. The predicted molar refractivity (Wildman–Crippen MR) is 65.4 cm³/mol. The van der Waals surface area contributed by atoms with Crippen molar-refractivity contribution in [3.05, 3.63) is 30.1 Å². The highest BCUT2D eigenvalue weighted by Crippen LogP contribution is 2.22. The molecule has 0 spiro atoms. The zero-order chi connectivity index (χ0) is 13.1. The average molecular weight is 248 g/mol. The van der Waals surface area contributed by atoms with Gasteiger partial charge < -0.3 is 5.73 Å². The lowest BCUT2D eigenvalue weighted by molar-refractivity contribution is -0.137. The summed E-state index contributed by atoms with van der Waals surface area (Å²) < 4.78 is 0. The number of nitrogens with one attached hydrogen (secondary N) is 1. The van der Waals surface area contributed by atoms with E-state index in [-0.39, 0.29) is 37.0 Å². The highest BCUT2D eigenvalue weighted by molar-refractivity contribution is 5.99. The van der Waals surface area contributed by atoms with E-state index in [0.717, 1.165) is 5.69 Å². The van der Waals surface area contributed by atoms with Gasteiger partial charge in [0.25, 0.3) is 0 Å². The molecule has 3 N–H and O–H groups in total. The molecule has 1 fully saturated rings. The van der Waals surface area contributed by atoms with Gasteiger partial charge in [0.15, 0.2) is 0 Å². The molecule has 0 aliphatic carbocycles. The van der Waals surface area contributed by atoms with Crippen molar-refractivity contribution in [3.63, 3.8) is 0 Å². The van der Waals surface area contributed by atoms with Crippen LogP contribution in [0.3, 0.4) is 0 Å². The van der Waals surface area contributed by atoms with Gasteiger partial charge in [0.2, 0.25) is 11.8 Å². The molecule has 2 rings (SSSR count). The van der Waals surface area contributed by atoms with Crippen LogP contribution in [0.2, 0.25) is 0 Å². The summed E-state index contributed by atoms with van der Waals surface area (Å²) in [4.78, 5) is 28.8. The Labute approximate surface area is 105 Å². The second kappa shape index (κ2) is 5.24. The van der Waals surface area contributed by atoms with Crippen molar-refractivity contribution in [3.8, 4) is 0 Å². The lowest BCUT2D eigenvalue weighted by Crippen LogP contribution is -2.55. The molecule has 6 heteroatoms. The number of hydrogen-bond acceptors (Lipinski definition) is 5. The summed E-state index contributed by atoms with van der Waals surface area (Å²) >= 11 is 0. The van der Waals surface area contributed by atoms with Crippen LogP contribution in [-0.2, 0) is 9.59 Å². The number of amides is 2. The lowest BCUT2D eigenvalue weighted by atomic mass is 10.0. The number of nitrogens with zero attached hydrogens (tertiary/aromatic N) is 2. The Morgan fingerprint density at radius 3 is 2.50 bits per heavy atom. The van der Waals surface area contributed by atoms with E-state index in [1.165, 1.54) is 0 Å². The minimum Gasteiger partial charge on any atom is -0.326 e. The SMILES string of the molecule is CC(N)C(c1ccccn1)N1CC(=O)NC(=O)C1. The van der Waals surface area contributed by atoms with Crippen LogP contribution in [-0.4, -0.2) is 40.8 Å². The fourth-order valence-electron chi connectivity index (χ4n) is 2.20. The van der Waals surface area contributed by atoms with E-state index in [2.05, 4.69) is 10.3 Å². The molecular weight excluding hydrogens is 232 g/mol. The Hall–Kier alpha value is -1.79. The molecule has 1 aromatic heterocycles. The summed E-state index contributed by atoms with van der Waals surface area (Å²) in [5.74, 6) is -0.597. The normalized spacial score (nSPS) is 20.3. The molecule has 0 saturated carbocycles. The topological polar surface area (TPSA) is 88.3 Å². The third-order valence-corrected chi connectivity index (χ3v) is 2.85. The van der Waals surface area contributed by atoms with E-state index >= 15 is 0 Å². The third kappa shape index (κ3) is 2.72. The van der Waals surface area contributed by atoms with Crippen molar-refractivity contribution in [2.75, 3.05) is 13.1 Å². The van der Waals surface area contributed by atoms with Crippen molar-refractivity contribution in [1.29, 1.82) is 0 Å². The number of aromatic nitrogens is 1. The van der Waals surface area contributed by atoms with Crippen molar-refractivity contribution in [1.82, 2.24) is 15.2 Å². The smallest absolute Gasteiger partial charge is 0.240 e. The second-order valence-corrected chi connectivity index (χ2v) is 4.43. The molecule has 18 heavy (non-hydrogen) atoms. The van der Waals surface area contributed by atoms with Crippen LogP contribution in [0.5, 0.6) is 0 Å². The Kier molecular flexibility index (Phi) is 3.69. The molecule has 1 saturated heterocycles. The molecule has 1 aromatic rings. The van der Waals surface area contributed by atoms with E-state index in [0.29, 0.717) is 0 Å². The summed E-state index contributed by atoms with van der Waals surface area (Å²) in [6.45, 7) is 2.17. The fourth-order valence-corrected chi connectivity index (χ4v) is 2.20. The maximum atomic E-state index is 11.4. The van der Waals surface area contributed by atoms with Crippen molar-refractivity contribution < 1.29 is 9.59 Å². The van der Waals surface area contributed by atoms with E-state index in [9.17, 15) is 9.59 Å². The Morgan fingerprint density at radius 1 is 1.33 bits per heavy atom. The summed E-state index contributed by atoms with van der Waals surface area (Å²) in [7, 11) is 0. The Morgan fingerprint density at radius 2 is 2.00 bits per heavy atom. The number of piperazine rings is 1. The van der Waals surface area contributed by atoms with Crippen LogP contribution in [0.1, 0.15) is 18.7 Å². The van der Waals surface area contributed by atoms with Gasteiger partial charge in [-0.15, -0.1) is 0 Å². The first-order chi connectivity index (χ1) is 8.58. The molecule has 2 amide bonds. The fraction of sp³-hybridized carbons (Fsp3) is 0.417. The summed E-state index contributed by atoms with van der Waals surface area (Å²) in [5.41, 5.74) is 6.74. The van der Waals surface area contributed by atoms with Gasteiger partial charge in [0, 0.05) is 12.2 Å². The number of carbonyl (C=O) groups is 2. The van der Waals surface area contributed by atoms with Crippen LogP contribution >= 0.6 is 0 Å². The first-order valence-corrected chi connectivity index (χ1v) is 5.81. The highest BCUT2D eigenvalue weighted by atomic mass is 16.2. The number of nitrogens with two attached hydrogens (primary N) is 1. The van der Waals surface area contributed by atoms with Crippen LogP contribution < -0.4 is 11.1 Å². The Bertz CT molecular complexity index is 431.